The van der Waals surface area contributed by atoms with E-state index in [4.69, 9.17) is 4.74 Å². The maximum absolute atomic E-state index is 12.4. The summed E-state index contributed by atoms with van der Waals surface area (Å²) in [6, 6.07) is 18.9. The SMILES string of the molecule is Cc1ccc(-c2nc(COC(=O)c3ccc4ccccc4c3O)cs2)cc1. The van der Waals surface area contributed by atoms with Crippen molar-refractivity contribution < 1.29 is 14.6 Å². The number of aromatic nitrogens is 1. The van der Waals surface area contributed by atoms with Crippen LogP contribution in [-0.4, -0.2) is 16.1 Å². The van der Waals surface area contributed by atoms with Crippen LogP contribution in [0.1, 0.15) is 21.6 Å². The molecule has 0 bridgehead atoms. The summed E-state index contributed by atoms with van der Waals surface area (Å²) in [4.78, 5) is 16.9. The number of carbonyl (C=O) groups is 1. The van der Waals surface area contributed by atoms with Crippen LogP contribution in [0.2, 0.25) is 0 Å². The fourth-order valence-electron chi connectivity index (χ4n) is 2.84. The first-order chi connectivity index (χ1) is 13.1. The molecule has 1 heterocycles. The lowest BCUT2D eigenvalue weighted by Crippen LogP contribution is -2.06. The Kier molecular flexibility index (Phi) is 4.60. The van der Waals surface area contributed by atoms with Crippen molar-refractivity contribution in [1.29, 1.82) is 0 Å². The second-order valence-corrected chi connectivity index (χ2v) is 7.13. The van der Waals surface area contributed by atoms with Gasteiger partial charge in [0.2, 0.25) is 0 Å². The summed E-state index contributed by atoms with van der Waals surface area (Å²) < 4.78 is 5.36. The zero-order valence-electron chi connectivity index (χ0n) is 14.7. The number of phenolic OH excluding ortho intramolecular Hbond substituents is 1. The summed E-state index contributed by atoms with van der Waals surface area (Å²) in [6.45, 7) is 2.10. The van der Waals surface area contributed by atoms with Gasteiger partial charge in [-0.2, -0.15) is 0 Å². The Bertz CT molecular complexity index is 1120. The first-order valence-corrected chi connectivity index (χ1v) is 9.39. The van der Waals surface area contributed by atoms with Crippen LogP contribution >= 0.6 is 11.3 Å². The summed E-state index contributed by atoms with van der Waals surface area (Å²) in [5.41, 5.74) is 3.07. The predicted molar refractivity (Wildman–Crippen MR) is 107 cm³/mol. The summed E-state index contributed by atoms with van der Waals surface area (Å²) in [5.74, 6) is -0.625. The number of fused-ring (bicyclic) bond motifs is 1. The normalized spacial score (nSPS) is 10.9. The molecule has 0 aliphatic rings. The van der Waals surface area contributed by atoms with Crippen LogP contribution in [0.3, 0.4) is 0 Å². The van der Waals surface area contributed by atoms with Crippen LogP contribution in [-0.2, 0) is 11.3 Å². The van der Waals surface area contributed by atoms with E-state index in [9.17, 15) is 9.90 Å². The number of ether oxygens (including phenoxy) is 1. The molecule has 27 heavy (non-hydrogen) atoms. The molecule has 4 aromatic rings. The van der Waals surface area contributed by atoms with Crippen LogP contribution < -0.4 is 0 Å². The number of hydrogen-bond acceptors (Lipinski definition) is 5. The number of aromatic hydroxyl groups is 1. The number of hydrogen-bond donors (Lipinski definition) is 1. The summed E-state index contributed by atoms with van der Waals surface area (Å²) in [7, 11) is 0. The molecular weight excluding hydrogens is 358 g/mol. The lowest BCUT2D eigenvalue weighted by Gasteiger charge is -2.07. The van der Waals surface area contributed by atoms with Crippen LogP contribution in [0.4, 0.5) is 0 Å². The molecule has 4 rings (SSSR count). The highest BCUT2D eigenvalue weighted by molar-refractivity contribution is 7.13. The van der Waals surface area contributed by atoms with E-state index in [2.05, 4.69) is 4.98 Å². The molecule has 0 fully saturated rings. The van der Waals surface area contributed by atoms with Gasteiger partial charge in [0.15, 0.2) is 0 Å². The van der Waals surface area contributed by atoms with Gasteiger partial charge in [-0.1, -0.05) is 60.2 Å². The van der Waals surface area contributed by atoms with Gasteiger partial charge in [-0.15, -0.1) is 11.3 Å². The fraction of sp³-hybridized carbons (Fsp3) is 0.0909. The minimum atomic E-state index is -0.567. The molecule has 0 aliphatic carbocycles. The average Bonchev–Trinajstić information content (AvgIpc) is 3.16. The summed E-state index contributed by atoms with van der Waals surface area (Å²) in [5, 5.41) is 14.6. The van der Waals surface area contributed by atoms with Gasteiger partial charge in [-0.3, -0.25) is 0 Å². The quantitative estimate of drug-likeness (QED) is 0.490. The largest absolute Gasteiger partial charge is 0.506 e. The molecule has 5 heteroatoms. The number of carbonyl (C=O) groups excluding carboxylic acids is 1. The Morgan fingerprint density at radius 2 is 1.85 bits per heavy atom. The van der Waals surface area contributed by atoms with E-state index >= 15 is 0 Å². The third kappa shape index (κ3) is 3.55. The molecule has 0 saturated heterocycles. The van der Waals surface area contributed by atoms with Gasteiger partial charge in [0.05, 0.1) is 5.69 Å². The number of rotatable bonds is 4. The smallest absolute Gasteiger partial charge is 0.342 e. The van der Waals surface area contributed by atoms with Gasteiger partial charge < -0.3 is 9.84 Å². The molecule has 3 aromatic carbocycles. The van der Waals surface area contributed by atoms with Crippen molar-refractivity contribution in [2.45, 2.75) is 13.5 Å². The first-order valence-electron chi connectivity index (χ1n) is 8.51. The van der Waals surface area contributed by atoms with Crippen LogP contribution in [0.25, 0.3) is 21.3 Å². The number of benzene rings is 3. The minimum Gasteiger partial charge on any atom is -0.506 e. The third-order valence-electron chi connectivity index (χ3n) is 4.32. The van der Waals surface area contributed by atoms with Crippen molar-refractivity contribution in [2.24, 2.45) is 0 Å². The minimum absolute atomic E-state index is 0.0586. The third-order valence-corrected chi connectivity index (χ3v) is 5.26. The molecule has 1 N–H and O–H groups in total. The Hall–Kier alpha value is -3.18. The zero-order chi connectivity index (χ0) is 18.8. The van der Waals surface area contributed by atoms with Gasteiger partial charge in [0, 0.05) is 16.3 Å². The van der Waals surface area contributed by atoms with E-state index in [1.807, 2.05) is 54.8 Å². The van der Waals surface area contributed by atoms with Crippen molar-refractivity contribution in [1.82, 2.24) is 4.98 Å². The molecule has 0 amide bonds. The Balaban J connectivity index is 1.48. The van der Waals surface area contributed by atoms with E-state index in [1.165, 1.54) is 16.9 Å². The standard InChI is InChI=1S/C22H17NO3S/c1-14-6-8-16(9-7-14)21-23-17(13-27-21)12-26-22(25)19-11-10-15-4-2-3-5-18(15)20(19)24/h2-11,13,24H,12H2,1H3. The van der Waals surface area contributed by atoms with E-state index in [0.29, 0.717) is 11.1 Å². The van der Waals surface area contributed by atoms with Crippen molar-refractivity contribution in [2.75, 3.05) is 0 Å². The van der Waals surface area contributed by atoms with Gasteiger partial charge in [0.25, 0.3) is 0 Å². The van der Waals surface area contributed by atoms with E-state index in [0.717, 1.165) is 16.0 Å². The first kappa shape index (κ1) is 17.2. The van der Waals surface area contributed by atoms with E-state index < -0.39 is 5.97 Å². The maximum atomic E-state index is 12.4. The number of thiazole rings is 1. The predicted octanol–water partition coefficient (Wildman–Crippen LogP) is 5.33. The van der Waals surface area contributed by atoms with Crippen LogP contribution in [0.5, 0.6) is 5.75 Å². The Morgan fingerprint density at radius 1 is 1.07 bits per heavy atom. The molecule has 0 spiro atoms. The number of aryl methyl sites for hydroxylation is 1. The van der Waals surface area contributed by atoms with Gasteiger partial charge in [-0.05, 0) is 18.4 Å². The number of phenols is 1. The molecule has 0 saturated carbocycles. The van der Waals surface area contributed by atoms with Crippen LogP contribution in [0, 0.1) is 6.92 Å². The summed E-state index contributed by atoms with van der Waals surface area (Å²) >= 11 is 1.51. The second-order valence-electron chi connectivity index (χ2n) is 6.27. The van der Waals surface area contributed by atoms with Gasteiger partial charge in [-0.25, -0.2) is 9.78 Å². The monoisotopic (exact) mass is 375 g/mol. The zero-order valence-corrected chi connectivity index (χ0v) is 15.5. The Morgan fingerprint density at radius 3 is 2.67 bits per heavy atom. The van der Waals surface area contributed by atoms with Gasteiger partial charge >= 0.3 is 5.97 Å². The molecule has 0 unspecified atom stereocenters. The molecule has 134 valence electrons. The molecule has 0 radical (unpaired) electrons. The highest BCUT2D eigenvalue weighted by Crippen LogP contribution is 2.29. The lowest BCUT2D eigenvalue weighted by molar-refractivity contribution is 0.0465. The van der Waals surface area contributed by atoms with Crippen LogP contribution in [0.15, 0.2) is 66.0 Å². The molecular formula is C22H17NO3S. The average molecular weight is 375 g/mol. The van der Waals surface area contributed by atoms with E-state index in [-0.39, 0.29) is 17.9 Å². The van der Waals surface area contributed by atoms with E-state index in [1.54, 1.807) is 18.2 Å². The molecule has 0 aliphatic heterocycles. The van der Waals surface area contributed by atoms with Crippen molar-refractivity contribution in [3.8, 4) is 16.3 Å². The van der Waals surface area contributed by atoms with Crippen molar-refractivity contribution >= 4 is 28.1 Å². The molecule has 4 nitrogen and oxygen atoms in total. The fourth-order valence-corrected chi connectivity index (χ4v) is 3.65. The molecule has 1 aromatic heterocycles. The maximum Gasteiger partial charge on any atom is 0.342 e. The van der Waals surface area contributed by atoms with Crippen molar-refractivity contribution in [3.05, 3.63) is 82.9 Å². The van der Waals surface area contributed by atoms with Gasteiger partial charge in [0.1, 0.15) is 22.9 Å². The van der Waals surface area contributed by atoms with Crippen molar-refractivity contribution in [3.63, 3.8) is 0 Å². The summed E-state index contributed by atoms with van der Waals surface area (Å²) in [6.07, 6.45) is 0. The lowest BCUT2D eigenvalue weighted by atomic mass is 10.1. The highest BCUT2D eigenvalue weighted by atomic mass is 32.1. The second kappa shape index (κ2) is 7.21. The molecule has 0 atom stereocenters. The topological polar surface area (TPSA) is 59.4 Å². The number of esters is 1. The number of nitrogens with zero attached hydrogens (tertiary/aromatic N) is 1. The highest BCUT2D eigenvalue weighted by Gasteiger charge is 2.16. The Labute approximate surface area is 160 Å².